The summed E-state index contributed by atoms with van der Waals surface area (Å²) in [7, 11) is 3.78. The van der Waals surface area contributed by atoms with Crippen LogP contribution in [0.1, 0.15) is 117 Å². The van der Waals surface area contributed by atoms with Gasteiger partial charge in [-0.25, -0.2) is 0 Å². The average Bonchev–Trinajstić information content (AvgIpc) is 2.77. The Hall–Kier alpha value is 0.540. The van der Waals surface area contributed by atoms with Crippen molar-refractivity contribution in [3.8, 4) is 0 Å². The Labute approximate surface area is 208 Å². The van der Waals surface area contributed by atoms with Gasteiger partial charge in [0.2, 0.25) is 0 Å². The topological polar surface area (TPSA) is 69.7 Å². The molecular weight excluding hydrogens is 436 g/mol. The number of rotatable bonds is 26. The first-order valence-electron chi connectivity index (χ1n) is 13.7. The molecule has 0 bridgehead atoms. The Morgan fingerprint density at radius 3 is 1.59 bits per heavy atom. The molecule has 0 aromatic heterocycles. The molecule has 194 valence electrons. The van der Waals surface area contributed by atoms with Gasteiger partial charge in [-0.2, -0.15) is 0 Å². The van der Waals surface area contributed by atoms with Gasteiger partial charge >= 0.3 is 0 Å². The summed E-state index contributed by atoms with van der Waals surface area (Å²) in [6, 6.07) is 0. The maximum Gasteiger partial charge on any atom is 0.0667 e. The summed E-state index contributed by atoms with van der Waals surface area (Å²) < 4.78 is 0. The molecule has 2 atom stereocenters. The van der Waals surface area contributed by atoms with Crippen LogP contribution in [-0.2, 0) is 0 Å². The highest BCUT2D eigenvalue weighted by Crippen LogP contribution is 2.21. The van der Waals surface area contributed by atoms with Crippen LogP contribution in [0.2, 0.25) is 0 Å². The van der Waals surface area contributed by atoms with Gasteiger partial charge in [0, 0.05) is 31.1 Å². The van der Waals surface area contributed by atoms with Gasteiger partial charge in [-0.05, 0) is 32.2 Å². The molecule has 0 aliphatic heterocycles. The molecule has 0 rings (SSSR count). The van der Waals surface area contributed by atoms with E-state index in [0.29, 0.717) is 13.1 Å². The van der Waals surface area contributed by atoms with Crippen LogP contribution in [0.5, 0.6) is 0 Å². The predicted molar refractivity (Wildman–Crippen MR) is 148 cm³/mol. The third kappa shape index (κ3) is 23.7. The molecule has 32 heavy (non-hydrogen) atoms. The van der Waals surface area contributed by atoms with Gasteiger partial charge < -0.3 is 15.9 Å². The fourth-order valence-electron chi connectivity index (χ4n) is 4.02. The second kappa shape index (κ2) is 26.2. The maximum atomic E-state index is 10.6. The number of hydrogen-bond acceptors (Lipinski definition) is 6. The highest BCUT2D eigenvalue weighted by molar-refractivity contribution is 8.76. The lowest BCUT2D eigenvalue weighted by molar-refractivity contribution is 0.0599. The van der Waals surface area contributed by atoms with Gasteiger partial charge in [-0.3, -0.25) is 4.90 Å². The van der Waals surface area contributed by atoms with Crippen LogP contribution in [0.3, 0.4) is 0 Å². The molecular formula is C26H56N2O2S2. The molecule has 0 radical (unpaired) electrons. The monoisotopic (exact) mass is 492 g/mol. The van der Waals surface area contributed by atoms with E-state index in [-0.39, 0.29) is 12.2 Å². The van der Waals surface area contributed by atoms with Gasteiger partial charge in [0.15, 0.2) is 0 Å². The molecule has 0 amide bonds. The van der Waals surface area contributed by atoms with Crippen molar-refractivity contribution in [1.82, 2.24) is 4.90 Å². The Balaban J connectivity index is 4.19. The Kier molecular flexibility index (Phi) is 26.6. The van der Waals surface area contributed by atoms with Gasteiger partial charge in [-0.15, -0.1) is 0 Å². The van der Waals surface area contributed by atoms with Crippen molar-refractivity contribution in [3.05, 3.63) is 0 Å². The van der Waals surface area contributed by atoms with Crippen molar-refractivity contribution in [2.75, 3.05) is 37.7 Å². The van der Waals surface area contributed by atoms with E-state index in [4.69, 9.17) is 5.73 Å². The van der Waals surface area contributed by atoms with Gasteiger partial charge in [0.1, 0.15) is 0 Å². The third-order valence-electron chi connectivity index (χ3n) is 5.96. The van der Waals surface area contributed by atoms with Crippen molar-refractivity contribution in [2.24, 2.45) is 5.73 Å². The number of unbranched alkanes of at least 4 members (excludes halogenated alkanes) is 11. The SMILES string of the molecule is CCCCCCCCC(O)CN(CCCCSSCCN)CC(O)CCCCCCCC. The molecule has 0 saturated heterocycles. The van der Waals surface area contributed by atoms with E-state index in [1.807, 2.05) is 21.6 Å². The quantitative estimate of drug-likeness (QED) is 0.0929. The fourth-order valence-corrected chi connectivity index (χ4v) is 6.02. The van der Waals surface area contributed by atoms with Crippen molar-refractivity contribution < 1.29 is 10.2 Å². The van der Waals surface area contributed by atoms with E-state index in [2.05, 4.69) is 18.7 Å². The van der Waals surface area contributed by atoms with Crippen molar-refractivity contribution in [3.63, 3.8) is 0 Å². The van der Waals surface area contributed by atoms with Crippen LogP contribution in [0.25, 0.3) is 0 Å². The molecule has 0 aliphatic carbocycles. The van der Waals surface area contributed by atoms with E-state index in [1.165, 1.54) is 70.6 Å². The lowest BCUT2D eigenvalue weighted by Gasteiger charge is -2.27. The summed E-state index contributed by atoms with van der Waals surface area (Å²) in [5.41, 5.74) is 5.54. The predicted octanol–water partition coefficient (Wildman–Crippen LogP) is 6.63. The van der Waals surface area contributed by atoms with Crippen molar-refractivity contribution in [2.45, 2.75) is 129 Å². The first-order valence-corrected chi connectivity index (χ1v) is 16.2. The molecule has 0 aliphatic rings. The van der Waals surface area contributed by atoms with E-state index < -0.39 is 0 Å². The molecule has 4 N–H and O–H groups in total. The summed E-state index contributed by atoms with van der Waals surface area (Å²) in [5, 5.41) is 21.2. The minimum atomic E-state index is -0.267. The van der Waals surface area contributed by atoms with Crippen LogP contribution in [-0.4, -0.2) is 65.0 Å². The lowest BCUT2D eigenvalue weighted by atomic mass is 10.1. The lowest BCUT2D eigenvalue weighted by Crippen LogP contribution is -2.38. The standard InChI is InChI=1S/C26H56N2O2S2/c1-3-5-7-9-11-13-17-25(29)23-28(20-15-16-21-31-32-22-19-27)24-26(30)18-14-12-10-8-6-4-2/h25-26,29-30H,3-24,27H2,1-2H3. The normalized spacial score (nSPS) is 13.7. The van der Waals surface area contributed by atoms with Crippen molar-refractivity contribution in [1.29, 1.82) is 0 Å². The van der Waals surface area contributed by atoms with Crippen LogP contribution in [0.15, 0.2) is 0 Å². The average molecular weight is 493 g/mol. The van der Waals surface area contributed by atoms with E-state index >= 15 is 0 Å². The number of nitrogens with two attached hydrogens (primary N) is 1. The number of aliphatic hydroxyl groups excluding tert-OH is 2. The van der Waals surface area contributed by atoms with Crippen LogP contribution in [0.4, 0.5) is 0 Å². The van der Waals surface area contributed by atoms with E-state index in [9.17, 15) is 10.2 Å². The largest absolute Gasteiger partial charge is 0.392 e. The summed E-state index contributed by atoms with van der Waals surface area (Å²) in [6.07, 6.45) is 18.7. The number of nitrogens with zero attached hydrogens (tertiary/aromatic N) is 1. The zero-order chi connectivity index (χ0) is 23.7. The molecule has 0 aromatic rings. The highest BCUT2D eigenvalue weighted by Gasteiger charge is 2.15. The van der Waals surface area contributed by atoms with Gasteiger partial charge in [0.05, 0.1) is 12.2 Å². The Morgan fingerprint density at radius 2 is 1.09 bits per heavy atom. The summed E-state index contributed by atoms with van der Waals surface area (Å²) in [4.78, 5) is 2.32. The van der Waals surface area contributed by atoms with E-state index in [0.717, 1.165) is 56.7 Å². The second-order valence-electron chi connectivity index (χ2n) is 9.32. The minimum absolute atomic E-state index is 0.267. The molecule has 4 nitrogen and oxygen atoms in total. The first-order chi connectivity index (χ1) is 15.6. The summed E-state index contributed by atoms with van der Waals surface area (Å²) in [6.45, 7) is 7.63. The maximum absolute atomic E-state index is 10.6. The molecule has 0 saturated carbocycles. The summed E-state index contributed by atoms with van der Waals surface area (Å²) >= 11 is 0. The first kappa shape index (κ1) is 32.5. The van der Waals surface area contributed by atoms with Gasteiger partial charge in [0.25, 0.3) is 0 Å². The van der Waals surface area contributed by atoms with Crippen LogP contribution in [0, 0.1) is 0 Å². The highest BCUT2D eigenvalue weighted by atomic mass is 33.1. The third-order valence-corrected chi connectivity index (χ3v) is 8.48. The molecule has 6 heteroatoms. The molecule has 0 spiro atoms. The Morgan fingerprint density at radius 1 is 0.625 bits per heavy atom. The zero-order valence-electron chi connectivity index (χ0n) is 21.4. The van der Waals surface area contributed by atoms with Crippen molar-refractivity contribution >= 4 is 21.6 Å². The van der Waals surface area contributed by atoms with Crippen LogP contribution >= 0.6 is 21.6 Å². The minimum Gasteiger partial charge on any atom is -0.392 e. The second-order valence-corrected chi connectivity index (χ2v) is 12.0. The molecule has 2 unspecified atom stereocenters. The number of aliphatic hydroxyl groups is 2. The van der Waals surface area contributed by atoms with E-state index in [1.54, 1.807) is 0 Å². The molecule has 0 fully saturated rings. The number of hydrogen-bond donors (Lipinski definition) is 3. The van der Waals surface area contributed by atoms with Gasteiger partial charge in [-0.1, -0.05) is 112 Å². The molecule has 0 aromatic carbocycles. The Bertz CT molecular complexity index is 341. The zero-order valence-corrected chi connectivity index (χ0v) is 23.1. The summed E-state index contributed by atoms with van der Waals surface area (Å²) in [5.74, 6) is 2.17. The fraction of sp³-hybridized carbons (Fsp3) is 1.00. The molecule has 0 heterocycles. The smallest absolute Gasteiger partial charge is 0.0667 e. The van der Waals surface area contributed by atoms with Crippen LogP contribution < -0.4 is 5.73 Å².